The molecular weight excluding hydrogens is 224 g/mol. The van der Waals surface area contributed by atoms with E-state index in [0.717, 1.165) is 10.9 Å². The van der Waals surface area contributed by atoms with Gasteiger partial charge in [0.05, 0.1) is 0 Å². The minimum atomic E-state index is 0.00519. The van der Waals surface area contributed by atoms with Gasteiger partial charge >= 0.3 is 0 Å². The van der Waals surface area contributed by atoms with Gasteiger partial charge in [-0.2, -0.15) is 0 Å². The van der Waals surface area contributed by atoms with Crippen LogP contribution >= 0.6 is 0 Å². The Morgan fingerprint density at radius 1 is 1.39 bits per heavy atom. The lowest BCUT2D eigenvalue weighted by atomic mass is 9.80. The minimum absolute atomic E-state index is 0.00519. The fourth-order valence-corrected chi connectivity index (χ4v) is 2.54. The van der Waals surface area contributed by atoms with E-state index in [1.807, 2.05) is 30.3 Å². The van der Waals surface area contributed by atoms with Crippen molar-refractivity contribution in [3.8, 4) is 0 Å². The molecule has 1 aliphatic rings. The van der Waals surface area contributed by atoms with Crippen LogP contribution in [0, 0.1) is 5.92 Å². The van der Waals surface area contributed by atoms with Gasteiger partial charge in [-0.25, -0.2) is 0 Å². The third-order valence-electron chi connectivity index (χ3n) is 3.99. The highest BCUT2D eigenvalue weighted by Crippen LogP contribution is 2.29. The van der Waals surface area contributed by atoms with Crippen molar-refractivity contribution in [3.05, 3.63) is 36.0 Å². The van der Waals surface area contributed by atoms with Crippen LogP contribution in [0.1, 0.15) is 36.7 Å². The molecule has 3 heteroatoms. The molecule has 1 fully saturated rings. The number of carbonyl (C=O) groups is 1. The quantitative estimate of drug-likeness (QED) is 0.853. The topological polar surface area (TPSA) is 44.9 Å². The summed E-state index contributed by atoms with van der Waals surface area (Å²) >= 11 is 0. The number of aromatic amines is 1. The van der Waals surface area contributed by atoms with E-state index in [1.165, 1.54) is 19.3 Å². The molecule has 1 aromatic carbocycles. The Morgan fingerprint density at radius 3 is 2.83 bits per heavy atom. The summed E-state index contributed by atoms with van der Waals surface area (Å²) in [5.41, 5.74) is 1.67. The number of H-pyrrole nitrogens is 1. The highest BCUT2D eigenvalue weighted by molar-refractivity contribution is 5.98. The Morgan fingerprint density at radius 2 is 2.17 bits per heavy atom. The first-order valence-electron chi connectivity index (χ1n) is 6.62. The Bertz CT molecular complexity index is 536. The number of hydrogen-bond donors (Lipinski definition) is 2. The lowest BCUT2D eigenvalue weighted by Gasteiger charge is -2.31. The van der Waals surface area contributed by atoms with Gasteiger partial charge in [0.15, 0.2) is 0 Å². The first-order chi connectivity index (χ1) is 8.74. The Kier molecular flexibility index (Phi) is 2.82. The lowest BCUT2D eigenvalue weighted by molar-refractivity contribution is 0.0905. The molecule has 94 valence electrons. The summed E-state index contributed by atoms with van der Waals surface area (Å²) in [7, 11) is 0. The molecule has 0 radical (unpaired) electrons. The predicted octanol–water partition coefficient (Wildman–Crippen LogP) is 3.09. The molecule has 1 aliphatic carbocycles. The predicted molar refractivity (Wildman–Crippen MR) is 72.6 cm³/mol. The van der Waals surface area contributed by atoms with Gasteiger partial charge in [0, 0.05) is 16.9 Å². The van der Waals surface area contributed by atoms with Gasteiger partial charge in [-0.05, 0) is 37.8 Å². The Balaban J connectivity index is 1.74. The average molecular weight is 242 g/mol. The molecule has 1 amide bonds. The van der Waals surface area contributed by atoms with Crippen molar-refractivity contribution in [2.75, 3.05) is 0 Å². The molecule has 3 rings (SSSR count). The van der Waals surface area contributed by atoms with Gasteiger partial charge in [-0.3, -0.25) is 4.79 Å². The normalized spacial score (nSPS) is 17.4. The number of aromatic nitrogens is 1. The van der Waals surface area contributed by atoms with Crippen molar-refractivity contribution in [1.82, 2.24) is 10.3 Å². The van der Waals surface area contributed by atoms with E-state index in [4.69, 9.17) is 0 Å². The zero-order valence-corrected chi connectivity index (χ0v) is 10.6. The van der Waals surface area contributed by atoms with Crippen molar-refractivity contribution in [2.45, 2.75) is 32.2 Å². The second-order valence-electron chi connectivity index (χ2n) is 5.22. The van der Waals surface area contributed by atoms with Gasteiger partial charge in [0.2, 0.25) is 0 Å². The van der Waals surface area contributed by atoms with Crippen LogP contribution in [-0.2, 0) is 0 Å². The lowest BCUT2D eigenvalue weighted by Crippen LogP contribution is -2.40. The smallest absolute Gasteiger partial charge is 0.267 e. The largest absolute Gasteiger partial charge is 0.351 e. The van der Waals surface area contributed by atoms with E-state index < -0.39 is 0 Å². The van der Waals surface area contributed by atoms with Crippen molar-refractivity contribution in [2.24, 2.45) is 5.92 Å². The summed E-state index contributed by atoms with van der Waals surface area (Å²) in [5, 5.41) is 4.17. The SMILES string of the molecule is CC(NC(=O)c1cc2ccccc2[nH]1)C1CCC1. The monoisotopic (exact) mass is 242 g/mol. The van der Waals surface area contributed by atoms with E-state index in [2.05, 4.69) is 17.2 Å². The average Bonchev–Trinajstić information content (AvgIpc) is 2.69. The van der Waals surface area contributed by atoms with Crippen molar-refractivity contribution in [1.29, 1.82) is 0 Å². The fraction of sp³-hybridized carbons (Fsp3) is 0.400. The zero-order valence-electron chi connectivity index (χ0n) is 10.6. The van der Waals surface area contributed by atoms with Gasteiger partial charge in [-0.15, -0.1) is 0 Å². The number of rotatable bonds is 3. The first kappa shape index (κ1) is 11.3. The van der Waals surface area contributed by atoms with E-state index in [0.29, 0.717) is 11.6 Å². The van der Waals surface area contributed by atoms with Crippen LogP contribution in [0.2, 0.25) is 0 Å². The maximum atomic E-state index is 12.1. The number of nitrogens with one attached hydrogen (secondary N) is 2. The standard InChI is InChI=1S/C15H18N2O/c1-10(11-6-4-7-11)16-15(18)14-9-12-5-2-3-8-13(12)17-14/h2-3,5,8-11,17H,4,6-7H2,1H3,(H,16,18). The number of benzene rings is 1. The molecule has 0 spiro atoms. The summed E-state index contributed by atoms with van der Waals surface area (Å²) in [6.07, 6.45) is 3.79. The summed E-state index contributed by atoms with van der Waals surface area (Å²) < 4.78 is 0. The first-order valence-corrected chi connectivity index (χ1v) is 6.62. The number of para-hydroxylation sites is 1. The number of carbonyl (C=O) groups excluding carboxylic acids is 1. The van der Waals surface area contributed by atoms with Crippen molar-refractivity contribution >= 4 is 16.8 Å². The minimum Gasteiger partial charge on any atom is -0.351 e. The highest BCUT2D eigenvalue weighted by Gasteiger charge is 2.25. The number of hydrogen-bond acceptors (Lipinski definition) is 1. The van der Waals surface area contributed by atoms with Gasteiger partial charge in [0.25, 0.3) is 5.91 Å². The van der Waals surface area contributed by atoms with Gasteiger partial charge in [-0.1, -0.05) is 24.6 Å². The number of amides is 1. The van der Waals surface area contributed by atoms with E-state index in [-0.39, 0.29) is 11.9 Å². The molecule has 3 nitrogen and oxygen atoms in total. The fourth-order valence-electron chi connectivity index (χ4n) is 2.54. The second-order valence-corrected chi connectivity index (χ2v) is 5.22. The van der Waals surface area contributed by atoms with Crippen LogP contribution in [0.5, 0.6) is 0 Å². The van der Waals surface area contributed by atoms with E-state index in [9.17, 15) is 4.79 Å². The third kappa shape index (κ3) is 2.01. The van der Waals surface area contributed by atoms with Crippen LogP contribution < -0.4 is 5.32 Å². The van der Waals surface area contributed by atoms with E-state index >= 15 is 0 Å². The van der Waals surface area contributed by atoms with Crippen LogP contribution in [0.4, 0.5) is 0 Å². The molecule has 1 unspecified atom stereocenters. The van der Waals surface area contributed by atoms with Crippen molar-refractivity contribution in [3.63, 3.8) is 0 Å². The second kappa shape index (κ2) is 4.48. The molecule has 0 saturated heterocycles. The van der Waals surface area contributed by atoms with Crippen molar-refractivity contribution < 1.29 is 4.79 Å². The Hall–Kier alpha value is -1.77. The molecule has 0 bridgehead atoms. The molecular formula is C15H18N2O. The highest BCUT2D eigenvalue weighted by atomic mass is 16.1. The zero-order chi connectivity index (χ0) is 12.5. The van der Waals surface area contributed by atoms with Crippen LogP contribution in [0.25, 0.3) is 10.9 Å². The molecule has 2 aromatic rings. The molecule has 0 aliphatic heterocycles. The molecule has 1 heterocycles. The summed E-state index contributed by atoms with van der Waals surface area (Å²) in [6, 6.07) is 10.1. The molecule has 1 saturated carbocycles. The summed E-state index contributed by atoms with van der Waals surface area (Å²) in [4.78, 5) is 15.3. The van der Waals surface area contributed by atoms with Crippen LogP contribution in [0.15, 0.2) is 30.3 Å². The van der Waals surface area contributed by atoms with Gasteiger partial charge in [0.1, 0.15) is 5.69 Å². The van der Waals surface area contributed by atoms with Crippen LogP contribution in [0.3, 0.4) is 0 Å². The van der Waals surface area contributed by atoms with Crippen LogP contribution in [-0.4, -0.2) is 16.9 Å². The molecule has 18 heavy (non-hydrogen) atoms. The number of fused-ring (bicyclic) bond motifs is 1. The Labute approximate surface area is 107 Å². The van der Waals surface area contributed by atoms with Gasteiger partial charge < -0.3 is 10.3 Å². The molecule has 1 atom stereocenters. The third-order valence-corrected chi connectivity index (χ3v) is 3.99. The summed E-state index contributed by atoms with van der Waals surface area (Å²) in [6.45, 7) is 2.10. The van der Waals surface area contributed by atoms with E-state index in [1.54, 1.807) is 0 Å². The summed E-state index contributed by atoms with van der Waals surface area (Å²) in [5.74, 6) is 0.670. The maximum Gasteiger partial charge on any atom is 0.267 e. The maximum absolute atomic E-state index is 12.1. The molecule has 2 N–H and O–H groups in total. The molecule has 1 aromatic heterocycles.